The number of benzene rings is 3. The Morgan fingerprint density at radius 1 is 1.15 bits per heavy atom. The molecule has 1 amide bonds. The maximum atomic E-state index is 15.9. The van der Waals surface area contributed by atoms with Crippen molar-refractivity contribution >= 4 is 11.6 Å². The maximum absolute atomic E-state index is 15.9. The fourth-order valence-electron chi connectivity index (χ4n) is 4.56. The summed E-state index contributed by atoms with van der Waals surface area (Å²) < 4.78 is 42.8. The van der Waals surface area contributed by atoms with Crippen molar-refractivity contribution in [2.45, 2.75) is 50.9 Å². The molecule has 0 saturated heterocycles. The molecular formula is C30H27F2N5O3. The molecule has 1 aliphatic rings. The van der Waals surface area contributed by atoms with Crippen molar-refractivity contribution in [3.63, 3.8) is 0 Å². The summed E-state index contributed by atoms with van der Waals surface area (Å²) in [7, 11) is 0. The van der Waals surface area contributed by atoms with Crippen LogP contribution in [0.5, 0.6) is 11.5 Å². The van der Waals surface area contributed by atoms with Crippen molar-refractivity contribution < 1.29 is 22.7 Å². The van der Waals surface area contributed by atoms with Gasteiger partial charge in [0.15, 0.2) is 0 Å². The number of ether oxygens (including phenoxy) is 1. The van der Waals surface area contributed by atoms with Crippen molar-refractivity contribution in [2.75, 3.05) is 4.90 Å². The predicted molar refractivity (Wildman–Crippen MR) is 144 cm³/mol. The van der Waals surface area contributed by atoms with E-state index in [1.165, 1.54) is 17.9 Å². The maximum Gasteiger partial charge on any atom is 0.250 e. The molecule has 10 heteroatoms. The smallest absolute Gasteiger partial charge is 0.250 e. The second-order valence-corrected chi connectivity index (χ2v) is 10.5. The van der Waals surface area contributed by atoms with Crippen LogP contribution in [0.15, 0.2) is 71.1 Å². The Labute approximate surface area is 230 Å². The van der Waals surface area contributed by atoms with Crippen molar-refractivity contribution in [1.29, 1.82) is 5.26 Å². The molecule has 0 saturated carbocycles. The van der Waals surface area contributed by atoms with Gasteiger partial charge in [-0.1, -0.05) is 30.3 Å². The van der Waals surface area contributed by atoms with Crippen LogP contribution in [0.3, 0.4) is 0 Å². The van der Waals surface area contributed by atoms with Crippen LogP contribution in [0.2, 0.25) is 0 Å². The molecule has 1 aliphatic heterocycles. The molecule has 0 fully saturated rings. The van der Waals surface area contributed by atoms with E-state index in [4.69, 9.17) is 14.9 Å². The number of hydrogen-bond acceptors (Lipinski definition) is 7. The first-order valence-corrected chi connectivity index (χ1v) is 12.7. The molecule has 1 unspecified atom stereocenters. The van der Waals surface area contributed by atoms with Crippen LogP contribution in [-0.4, -0.2) is 22.1 Å². The highest BCUT2D eigenvalue weighted by Crippen LogP contribution is 2.44. The minimum atomic E-state index is -2.09. The Hall–Kier alpha value is -4.62. The topological polar surface area (TPSA) is 118 Å². The van der Waals surface area contributed by atoms with Crippen LogP contribution in [0.25, 0.3) is 11.5 Å². The SMILES string of the molecule is CC(C)(C#N)c1nnc(-c2cc3c(cc2F)C(C)(F)C[C@@H](N)C(=O)N3Cc2ccc(Oc3ccccc3)cc2)o1. The lowest BCUT2D eigenvalue weighted by Gasteiger charge is -2.26. The zero-order chi connectivity index (χ0) is 28.7. The molecule has 2 heterocycles. The summed E-state index contributed by atoms with van der Waals surface area (Å²) in [5, 5.41) is 17.2. The molecule has 2 atom stereocenters. The summed E-state index contributed by atoms with van der Waals surface area (Å²) in [5.74, 6) is -0.233. The lowest BCUT2D eigenvalue weighted by molar-refractivity contribution is -0.120. The third kappa shape index (κ3) is 5.16. The number of halogens is 2. The molecular weight excluding hydrogens is 516 g/mol. The molecule has 0 bridgehead atoms. The van der Waals surface area contributed by atoms with Crippen LogP contribution < -0.4 is 15.4 Å². The van der Waals surface area contributed by atoms with Crippen molar-refractivity contribution in [3.8, 4) is 29.0 Å². The highest BCUT2D eigenvalue weighted by molar-refractivity contribution is 5.99. The molecule has 1 aromatic heterocycles. The molecule has 204 valence electrons. The zero-order valence-corrected chi connectivity index (χ0v) is 22.2. The van der Waals surface area contributed by atoms with Crippen molar-refractivity contribution in [2.24, 2.45) is 5.73 Å². The number of hydrogen-bond donors (Lipinski definition) is 1. The van der Waals surface area contributed by atoms with E-state index >= 15 is 8.78 Å². The molecule has 5 rings (SSSR count). The summed E-state index contributed by atoms with van der Waals surface area (Å²) in [6.07, 6.45) is -0.320. The fraction of sp³-hybridized carbons (Fsp3) is 0.267. The predicted octanol–water partition coefficient (Wildman–Crippen LogP) is 5.92. The quantitative estimate of drug-likeness (QED) is 0.321. The van der Waals surface area contributed by atoms with E-state index in [9.17, 15) is 10.1 Å². The number of nitrogens with zero attached hydrogens (tertiary/aromatic N) is 4. The molecule has 8 nitrogen and oxygen atoms in total. The number of aromatic nitrogens is 2. The summed E-state index contributed by atoms with van der Waals surface area (Å²) >= 11 is 0. The molecule has 0 radical (unpaired) electrons. The van der Waals surface area contributed by atoms with Gasteiger partial charge in [-0.15, -0.1) is 10.2 Å². The summed E-state index contributed by atoms with van der Waals surface area (Å²) in [6, 6.07) is 19.6. The van der Waals surface area contributed by atoms with E-state index in [0.29, 0.717) is 11.5 Å². The monoisotopic (exact) mass is 543 g/mol. The van der Waals surface area contributed by atoms with Gasteiger partial charge < -0.3 is 19.8 Å². The van der Waals surface area contributed by atoms with Gasteiger partial charge in [0.25, 0.3) is 5.89 Å². The van der Waals surface area contributed by atoms with E-state index in [1.54, 1.807) is 38.1 Å². The minimum absolute atomic E-state index is 0.00226. The van der Waals surface area contributed by atoms with Gasteiger partial charge in [0, 0.05) is 12.0 Å². The van der Waals surface area contributed by atoms with E-state index in [-0.39, 0.29) is 41.6 Å². The number of amides is 1. The number of nitriles is 1. The number of rotatable bonds is 6. The molecule has 40 heavy (non-hydrogen) atoms. The highest BCUT2D eigenvalue weighted by atomic mass is 19.1. The average molecular weight is 544 g/mol. The Balaban J connectivity index is 1.53. The standard InChI is InChI=1S/C30H27F2N5O3/c1-29(2,17-33)28-36-35-26(40-28)21-13-25-22(14-23(21)31)30(3,32)15-24(34)27(38)37(25)16-18-9-11-20(12-10-18)39-19-7-5-4-6-8-19/h4-14,24H,15-16,34H2,1-3H3/t24-,30?/m1/s1. The Morgan fingerprint density at radius 2 is 1.82 bits per heavy atom. The van der Waals surface area contributed by atoms with Gasteiger partial charge in [-0.2, -0.15) is 5.26 Å². The number of para-hydroxylation sites is 1. The van der Waals surface area contributed by atoms with Crippen LogP contribution in [-0.2, 0) is 22.4 Å². The fourth-order valence-corrected chi connectivity index (χ4v) is 4.56. The van der Waals surface area contributed by atoms with E-state index in [0.717, 1.165) is 11.6 Å². The van der Waals surface area contributed by atoms with Gasteiger partial charge in [-0.3, -0.25) is 4.79 Å². The lowest BCUT2D eigenvalue weighted by atomic mass is 9.90. The normalized spacial score (nSPS) is 19.1. The Morgan fingerprint density at radius 3 is 2.50 bits per heavy atom. The second kappa shape index (κ2) is 10.2. The lowest BCUT2D eigenvalue weighted by Crippen LogP contribution is -2.43. The molecule has 2 N–H and O–H groups in total. The second-order valence-electron chi connectivity index (χ2n) is 10.5. The molecule has 0 spiro atoms. The van der Waals surface area contributed by atoms with Crippen LogP contribution in [0.1, 0.15) is 44.2 Å². The van der Waals surface area contributed by atoms with E-state index < -0.39 is 28.8 Å². The third-order valence-electron chi connectivity index (χ3n) is 6.84. The molecule has 4 aromatic rings. The molecule has 0 aliphatic carbocycles. The first kappa shape index (κ1) is 27.0. The number of nitrogens with two attached hydrogens (primary N) is 1. The van der Waals surface area contributed by atoms with Gasteiger partial charge in [0.05, 0.1) is 29.9 Å². The Kier molecular flexibility index (Phi) is 6.85. The number of fused-ring (bicyclic) bond motifs is 1. The first-order valence-electron chi connectivity index (χ1n) is 12.7. The first-order chi connectivity index (χ1) is 19.0. The number of alkyl halides is 1. The van der Waals surface area contributed by atoms with Gasteiger partial charge >= 0.3 is 0 Å². The van der Waals surface area contributed by atoms with E-state index in [1.807, 2.05) is 30.3 Å². The summed E-state index contributed by atoms with van der Waals surface area (Å²) in [6.45, 7) is 4.49. The Bertz CT molecular complexity index is 1590. The number of carbonyl (C=O) groups is 1. The number of carbonyl (C=O) groups excluding carboxylic acids is 1. The largest absolute Gasteiger partial charge is 0.457 e. The van der Waals surface area contributed by atoms with Gasteiger partial charge in [-0.05, 0) is 62.7 Å². The van der Waals surface area contributed by atoms with Crippen molar-refractivity contribution in [1.82, 2.24) is 10.2 Å². The van der Waals surface area contributed by atoms with Crippen LogP contribution in [0.4, 0.5) is 14.5 Å². The summed E-state index contributed by atoms with van der Waals surface area (Å²) in [4.78, 5) is 14.8. The zero-order valence-electron chi connectivity index (χ0n) is 22.2. The molecule has 3 aromatic carbocycles. The van der Waals surface area contributed by atoms with Crippen molar-refractivity contribution in [3.05, 3.63) is 89.6 Å². The van der Waals surface area contributed by atoms with Gasteiger partial charge in [-0.25, -0.2) is 8.78 Å². The average Bonchev–Trinajstić information content (AvgIpc) is 3.42. The minimum Gasteiger partial charge on any atom is -0.457 e. The number of anilines is 1. The van der Waals surface area contributed by atoms with Gasteiger partial charge in [0.1, 0.15) is 28.4 Å². The van der Waals surface area contributed by atoms with Crippen LogP contribution >= 0.6 is 0 Å². The van der Waals surface area contributed by atoms with E-state index in [2.05, 4.69) is 16.3 Å². The van der Waals surface area contributed by atoms with Crippen LogP contribution in [0, 0.1) is 17.1 Å². The van der Waals surface area contributed by atoms with Gasteiger partial charge in [0.2, 0.25) is 11.8 Å². The summed E-state index contributed by atoms with van der Waals surface area (Å²) in [5.41, 5.74) is 3.65. The highest BCUT2D eigenvalue weighted by Gasteiger charge is 2.42. The third-order valence-corrected chi connectivity index (χ3v) is 6.84.